The van der Waals surface area contributed by atoms with E-state index >= 15 is 0 Å². The van der Waals surface area contributed by atoms with Crippen molar-refractivity contribution in [2.45, 2.75) is 32.4 Å². The van der Waals surface area contributed by atoms with E-state index in [1.165, 1.54) is 0 Å². The Hall–Kier alpha value is -1.86. The standard InChI is InChI=1S/C14H19N3O/c1-3-13(16)8-14(18)17(2)10-12-6-4-11(9-15)5-7-12/h4-7,13H,3,8,10,16H2,1-2H3. The van der Waals surface area contributed by atoms with Crippen LogP contribution in [0, 0.1) is 11.3 Å². The number of rotatable bonds is 5. The second-order valence-corrected chi connectivity index (χ2v) is 4.43. The Bertz CT molecular complexity index is 433. The van der Waals surface area contributed by atoms with Gasteiger partial charge in [0.05, 0.1) is 11.6 Å². The summed E-state index contributed by atoms with van der Waals surface area (Å²) in [5.74, 6) is 0.0497. The third-order valence-corrected chi connectivity index (χ3v) is 2.89. The van der Waals surface area contributed by atoms with E-state index in [9.17, 15) is 4.79 Å². The fourth-order valence-corrected chi connectivity index (χ4v) is 1.57. The van der Waals surface area contributed by atoms with Crippen LogP contribution in [0.1, 0.15) is 30.9 Å². The minimum atomic E-state index is -0.0686. The summed E-state index contributed by atoms with van der Waals surface area (Å²) < 4.78 is 0. The lowest BCUT2D eigenvalue weighted by molar-refractivity contribution is -0.130. The van der Waals surface area contributed by atoms with E-state index in [1.807, 2.05) is 19.1 Å². The molecule has 1 amide bonds. The van der Waals surface area contributed by atoms with E-state index in [1.54, 1.807) is 24.1 Å². The first kappa shape index (κ1) is 14.2. The highest BCUT2D eigenvalue weighted by Gasteiger charge is 2.12. The van der Waals surface area contributed by atoms with Crippen LogP contribution in [-0.4, -0.2) is 23.9 Å². The summed E-state index contributed by atoms with van der Waals surface area (Å²) in [6.45, 7) is 2.51. The Balaban J connectivity index is 2.55. The van der Waals surface area contributed by atoms with Gasteiger partial charge in [0.1, 0.15) is 0 Å². The normalized spacial score (nSPS) is 11.7. The molecule has 4 heteroatoms. The molecule has 1 atom stereocenters. The van der Waals surface area contributed by atoms with Crippen molar-refractivity contribution in [1.29, 1.82) is 5.26 Å². The lowest BCUT2D eigenvalue weighted by Gasteiger charge is -2.19. The molecule has 0 bridgehead atoms. The molecule has 1 aromatic carbocycles. The van der Waals surface area contributed by atoms with Gasteiger partial charge in [0.2, 0.25) is 5.91 Å². The van der Waals surface area contributed by atoms with Crippen molar-refractivity contribution in [1.82, 2.24) is 4.90 Å². The van der Waals surface area contributed by atoms with Crippen LogP contribution in [0.3, 0.4) is 0 Å². The number of hydrogen-bond donors (Lipinski definition) is 1. The average molecular weight is 245 g/mol. The molecule has 1 unspecified atom stereocenters. The molecular formula is C14H19N3O. The number of amides is 1. The molecule has 4 nitrogen and oxygen atoms in total. The van der Waals surface area contributed by atoms with E-state index in [2.05, 4.69) is 6.07 Å². The van der Waals surface area contributed by atoms with Crippen LogP contribution in [0.5, 0.6) is 0 Å². The van der Waals surface area contributed by atoms with Gasteiger partial charge in [-0.3, -0.25) is 4.79 Å². The highest BCUT2D eigenvalue weighted by atomic mass is 16.2. The summed E-state index contributed by atoms with van der Waals surface area (Å²) in [6.07, 6.45) is 1.18. The number of carbonyl (C=O) groups excluding carboxylic acids is 1. The van der Waals surface area contributed by atoms with Crippen LogP contribution in [-0.2, 0) is 11.3 Å². The molecule has 0 aliphatic carbocycles. The Labute approximate surface area is 108 Å². The molecule has 0 aliphatic rings. The van der Waals surface area contributed by atoms with Gasteiger partial charge in [0.25, 0.3) is 0 Å². The van der Waals surface area contributed by atoms with Crippen molar-refractivity contribution >= 4 is 5.91 Å². The molecule has 2 N–H and O–H groups in total. The van der Waals surface area contributed by atoms with Crippen molar-refractivity contribution < 1.29 is 4.79 Å². The average Bonchev–Trinajstić information content (AvgIpc) is 2.39. The van der Waals surface area contributed by atoms with E-state index in [0.717, 1.165) is 12.0 Å². The molecule has 0 aromatic heterocycles. The summed E-state index contributed by atoms with van der Waals surface area (Å²) >= 11 is 0. The number of benzene rings is 1. The largest absolute Gasteiger partial charge is 0.341 e. The number of nitrogens with zero attached hydrogens (tertiary/aromatic N) is 2. The van der Waals surface area contributed by atoms with Crippen molar-refractivity contribution in [3.05, 3.63) is 35.4 Å². The van der Waals surface area contributed by atoms with Crippen LogP contribution >= 0.6 is 0 Å². The number of nitrogens with two attached hydrogens (primary N) is 1. The van der Waals surface area contributed by atoms with Gasteiger partial charge in [0.15, 0.2) is 0 Å². The maximum absolute atomic E-state index is 11.8. The molecule has 0 aliphatic heterocycles. The summed E-state index contributed by atoms with van der Waals surface area (Å²) in [5, 5.41) is 8.70. The third-order valence-electron chi connectivity index (χ3n) is 2.89. The molecule has 1 aromatic rings. The predicted molar refractivity (Wildman–Crippen MR) is 70.5 cm³/mol. The van der Waals surface area contributed by atoms with Gasteiger partial charge in [-0.05, 0) is 24.1 Å². The summed E-state index contributed by atoms with van der Waals surface area (Å²) in [6, 6.07) is 9.24. The minimum absolute atomic E-state index is 0.0497. The van der Waals surface area contributed by atoms with Crippen molar-refractivity contribution in [2.24, 2.45) is 5.73 Å². The molecule has 0 fully saturated rings. The number of carbonyl (C=O) groups is 1. The fourth-order valence-electron chi connectivity index (χ4n) is 1.57. The lowest BCUT2D eigenvalue weighted by Crippen LogP contribution is -2.32. The molecular weight excluding hydrogens is 226 g/mol. The topological polar surface area (TPSA) is 70.1 Å². The molecule has 96 valence electrons. The second-order valence-electron chi connectivity index (χ2n) is 4.43. The van der Waals surface area contributed by atoms with Crippen LogP contribution in [0.15, 0.2) is 24.3 Å². The van der Waals surface area contributed by atoms with Gasteiger partial charge >= 0.3 is 0 Å². The zero-order chi connectivity index (χ0) is 13.5. The molecule has 1 rings (SSSR count). The van der Waals surface area contributed by atoms with Gasteiger partial charge in [-0.2, -0.15) is 5.26 Å². The predicted octanol–water partition coefficient (Wildman–Crippen LogP) is 1.64. The van der Waals surface area contributed by atoms with Gasteiger partial charge in [-0.25, -0.2) is 0 Å². The minimum Gasteiger partial charge on any atom is -0.341 e. The van der Waals surface area contributed by atoms with Crippen LogP contribution < -0.4 is 5.73 Å². The van der Waals surface area contributed by atoms with Gasteiger partial charge < -0.3 is 10.6 Å². The smallest absolute Gasteiger partial charge is 0.224 e. The van der Waals surface area contributed by atoms with Gasteiger partial charge in [-0.15, -0.1) is 0 Å². The highest BCUT2D eigenvalue weighted by molar-refractivity contribution is 5.76. The van der Waals surface area contributed by atoms with Crippen LogP contribution in [0.25, 0.3) is 0 Å². The molecule has 0 heterocycles. The zero-order valence-electron chi connectivity index (χ0n) is 10.9. The van der Waals surface area contributed by atoms with E-state index in [0.29, 0.717) is 18.5 Å². The first-order valence-electron chi connectivity index (χ1n) is 6.05. The quantitative estimate of drug-likeness (QED) is 0.857. The zero-order valence-corrected chi connectivity index (χ0v) is 10.9. The maximum atomic E-state index is 11.8. The van der Waals surface area contributed by atoms with E-state index in [4.69, 9.17) is 11.0 Å². The molecule has 18 heavy (non-hydrogen) atoms. The lowest BCUT2D eigenvalue weighted by atomic mass is 10.1. The van der Waals surface area contributed by atoms with Crippen LogP contribution in [0.2, 0.25) is 0 Å². The summed E-state index contributed by atoms with van der Waals surface area (Å²) in [4.78, 5) is 13.5. The highest BCUT2D eigenvalue weighted by Crippen LogP contribution is 2.07. The van der Waals surface area contributed by atoms with Crippen molar-refractivity contribution in [3.8, 4) is 6.07 Å². The van der Waals surface area contributed by atoms with E-state index < -0.39 is 0 Å². The fraction of sp³-hybridized carbons (Fsp3) is 0.429. The first-order chi connectivity index (χ1) is 8.56. The summed E-state index contributed by atoms with van der Waals surface area (Å²) in [7, 11) is 1.77. The Morgan fingerprint density at radius 1 is 1.44 bits per heavy atom. The first-order valence-corrected chi connectivity index (χ1v) is 6.05. The third kappa shape index (κ3) is 4.19. The second kappa shape index (κ2) is 6.77. The molecule has 0 saturated carbocycles. The Morgan fingerprint density at radius 2 is 2.06 bits per heavy atom. The molecule has 0 radical (unpaired) electrons. The monoisotopic (exact) mass is 245 g/mol. The van der Waals surface area contributed by atoms with E-state index in [-0.39, 0.29) is 11.9 Å². The number of nitriles is 1. The van der Waals surface area contributed by atoms with Gasteiger partial charge in [0, 0.05) is 26.1 Å². The summed E-state index contributed by atoms with van der Waals surface area (Å²) in [5.41, 5.74) is 7.39. The van der Waals surface area contributed by atoms with Crippen molar-refractivity contribution in [3.63, 3.8) is 0 Å². The maximum Gasteiger partial charge on any atom is 0.224 e. The van der Waals surface area contributed by atoms with Crippen LogP contribution in [0.4, 0.5) is 0 Å². The van der Waals surface area contributed by atoms with Gasteiger partial charge in [-0.1, -0.05) is 19.1 Å². The number of hydrogen-bond acceptors (Lipinski definition) is 3. The van der Waals surface area contributed by atoms with Crippen molar-refractivity contribution in [2.75, 3.05) is 7.05 Å². The SMILES string of the molecule is CCC(N)CC(=O)N(C)Cc1ccc(C#N)cc1. The molecule has 0 saturated heterocycles. The Kier molecular flexibility index (Phi) is 5.34. The molecule has 0 spiro atoms. The Morgan fingerprint density at radius 3 is 2.56 bits per heavy atom.